The zero-order valence-electron chi connectivity index (χ0n) is 6.38. The van der Waals surface area contributed by atoms with E-state index >= 15 is 0 Å². The van der Waals surface area contributed by atoms with Crippen LogP contribution in [0.25, 0.3) is 0 Å². The molecule has 0 fully saturated rings. The maximum Gasteiger partial charge on any atom is 0.101 e. The molecule has 12 heavy (non-hydrogen) atoms. The minimum Gasteiger partial charge on any atom is -0.387 e. The fraction of sp³-hybridized carbons (Fsp3) is 0.125. The Morgan fingerprint density at radius 1 is 1.42 bits per heavy atom. The van der Waals surface area contributed by atoms with Gasteiger partial charge in [0.15, 0.2) is 0 Å². The highest BCUT2D eigenvalue weighted by Crippen LogP contribution is 2.19. The van der Waals surface area contributed by atoms with Crippen molar-refractivity contribution in [3.63, 3.8) is 0 Å². The first-order valence-electron chi connectivity index (χ1n) is 3.40. The van der Waals surface area contributed by atoms with E-state index in [2.05, 4.69) is 0 Å². The number of thioether (sulfide) groups is 1. The Balaban J connectivity index is 2.53. The molecule has 0 atom stereocenters. The van der Waals surface area contributed by atoms with E-state index in [1.54, 1.807) is 0 Å². The molecule has 0 unspecified atom stereocenters. The molecule has 0 aromatic heterocycles. The van der Waals surface area contributed by atoms with Crippen molar-refractivity contribution >= 4 is 29.2 Å². The summed E-state index contributed by atoms with van der Waals surface area (Å²) in [5.74, 6) is 0.719. The number of halogens is 1. The number of amidine groups is 1. The lowest BCUT2D eigenvalue weighted by Gasteiger charge is -1.99. The number of hydrogen-bond acceptors (Lipinski definition) is 2. The molecule has 0 aliphatic carbocycles. The zero-order valence-corrected chi connectivity index (χ0v) is 7.95. The molecular weight excluding hydrogens is 192 g/mol. The Bertz CT molecular complexity index is 271. The van der Waals surface area contributed by atoms with E-state index in [0.717, 1.165) is 9.92 Å². The molecule has 0 aliphatic rings. The standard InChI is InChI=1S/C8H9ClN2S/c9-6-1-3-7(4-2-6)12-5-8(10)11/h1-4H,5H2,(H3,10,11). The van der Waals surface area contributed by atoms with Crippen molar-refractivity contribution < 1.29 is 0 Å². The van der Waals surface area contributed by atoms with Crippen LogP contribution in [0.4, 0.5) is 0 Å². The first kappa shape index (κ1) is 9.42. The average molecular weight is 201 g/mol. The lowest BCUT2D eigenvalue weighted by Crippen LogP contribution is -2.11. The van der Waals surface area contributed by atoms with Crippen molar-refractivity contribution in [2.45, 2.75) is 4.90 Å². The predicted molar refractivity (Wildman–Crippen MR) is 54.1 cm³/mol. The highest BCUT2D eigenvalue weighted by molar-refractivity contribution is 8.00. The third-order valence-corrected chi connectivity index (χ3v) is 2.52. The molecule has 2 nitrogen and oxygen atoms in total. The van der Waals surface area contributed by atoms with Crippen molar-refractivity contribution in [3.05, 3.63) is 29.3 Å². The Hall–Kier alpha value is -0.670. The molecule has 1 aromatic carbocycles. The van der Waals surface area contributed by atoms with Gasteiger partial charge >= 0.3 is 0 Å². The largest absolute Gasteiger partial charge is 0.387 e. The van der Waals surface area contributed by atoms with E-state index < -0.39 is 0 Å². The lowest BCUT2D eigenvalue weighted by atomic mass is 10.4. The molecule has 1 rings (SSSR count). The summed E-state index contributed by atoms with van der Waals surface area (Å²) in [7, 11) is 0. The molecule has 0 bridgehead atoms. The number of benzene rings is 1. The summed E-state index contributed by atoms with van der Waals surface area (Å²) in [5.41, 5.74) is 5.21. The van der Waals surface area contributed by atoms with Crippen molar-refractivity contribution in [1.82, 2.24) is 0 Å². The summed E-state index contributed by atoms with van der Waals surface area (Å²) in [6.07, 6.45) is 0. The van der Waals surface area contributed by atoms with Gasteiger partial charge in [-0.2, -0.15) is 0 Å². The molecule has 64 valence electrons. The van der Waals surface area contributed by atoms with Gasteiger partial charge in [-0.1, -0.05) is 11.6 Å². The van der Waals surface area contributed by atoms with Gasteiger partial charge in [0.2, 0.25) is 0 Å². The number of hydrogen-bond donors (Lipinski definition) is 2. The molecule has 0 amide bonds. The summed E-state index contributed by atoms with van der Waals surface area (Å²) in [5, 5.41) is 7.74. The van der Waals surface area contributed by atoms with Crippen LogP contribution < -0.4 is 5.73 Å². The predicted octanol–water partition coefficient (Wildman–Crippen LogP) is 2.37. The molecule has 3 N–H and O–H groups in total. The van der Waals surface area contributed by atoms with E-state index in [1.165, 1.54) is 11.8 Å². The van der Waals surface area contributed by atoms with Crippen LogP contribution in [-0.2, 0) is 0 Å². The quantitative estimate of drug-likeness (QED) is 0.447. The van der Waals surface area contributed by atoms with Gasteiger partial charge in [-0.05, 0) is 24.3 Å². The van der Waals surface area contributed by atoms with Crippen LogP contribution in [0.3, 0.4) is 0 Å². The van der Waals surface area contributed by atoms with Crippen LogP contribution in [0, 0.1) is 5.41 Å². The van der Waals surface area contributed by atoms with Gasteiger partial charge < -0.3 is 5.73 Å². The summed E-state index contributed by atoms with van der Waals surface area (Å²) in [4.78, 5) is 1.08. The van der Waals surface area contributed by atoms with Gasteiger partial charge in [0, 0.05) is 9.92 Å². The van der Waals surface area contributed by atoms with Gasteiger partial charge in [0.25, 0.3) is 0 Å². The lowest BCUT2D eigenvalue weighted by molar-refractivity contribution is 1.41. The van der Waals surface area contributed by atoms with E-state index in [9.17, 15) is 0 Å². The van der Waals surface area contributed by atoms with Crippen molar-refractivity contribution in [1.29, 1.82) is 5.41 Å². The zero-order chi connectivity index (χ0) is 8.97. The van der Waals surface area contributed by atoms with Crippen molar-refractivity contribution in [2.24, 2.45) is 5.73 Å². The van der Waals surface area contributed by atoms with Gasteiger partial charge in [-0.25, -0.2) is 0 Å². The summed E-state index contributed by atoms with van der Waals surface area (Å²) in [6.45, 7) is 0. The Morgan fingerprint density at radius 2 is 2.00 bits per heavy atom. The molecule has 0 heterocycles. The SMILES string of the molecule is N=C(N)CSc1ccc(Cl)cc1. The second-order valence-electron chi connectivity index (χ2n) is 2.27. The van der Waals surface area contributed by atoms with Gasteiger partial charge in [-0.3, -0.25) is 5.41 Å². The maximum atomic E-state index is 7.02. The maximum absolute atomic E-state index is 7.02. The second-order valence-corrected chi connectivity index (χ2v) is 3.75. The average Bonchev–Trinajstić information content (AvgIpc) is 2.03. The molecule has 1 aromatic rings. The Morgan fingerprint density at radius 3 is 2.50 bits per heavy atom. The topological polar surface area (TPSA) is 49.9 Å². The van der Waals surface area contributed by atoms with E-state index in [1.807, 2.05) is 24.3 Å². The second kappa shape index (κ2) is 4.38. The molecular formula is C8H9ClN2S. The number of nitrogens with one attached hydrogen (secondary N) is 1. The van der Waals surface area contributed by atoms with Crippen molar-refractivity contribution in [2.75, 3.05) is 5.75 Å². The fourth-order valence-corrected chi connectivity index (χ4v) is 1.47. The Labute approximate surface area is 80.6 Å². The monoisotopic (exact) mass is 200 g/mol. The first-order valence-corrected chi connectivity index (χ1v) is 4.76. The van der Waals surface area contributed by atoms with Crippen LogP contribution >= 0.6 is 23.4 Å². The molecule has 0 radical (unpaired) electrons. The van der Waals surface area contributed by atoms with Crippen molar-refractivity contribution in [3.8, 4) is 0 Å². The Kier molecular flexibility index (Phi) is 3.44. The van der Waals surface area contributed by atoms with E-state index in [4.69, 9.17) is 22.7 Å². The highest BCUT2D eigenvalue weighted by atomic mass is 35.5. The van der Waals surface area contributed by atoms with Gasteiger partial charge in [0.1, 0.15) is 5.84 Å². The molecule has 4 heteroatoms. The summed E-state index contributed by atoms with van der Waals surface area (Å²) >= 11 is 7.23. The van der Waals surface area contributed by atoms with Crippen LogP contribution in [0.2, 0.25) is 5.02 Å². The number of nitrogens with two attached hydrogens (primary N) is 1. The minimum absolute atomic E-state index is 0.190. The third-order valence-electron chi connectivity index (χ3n) is 1.21. The number of rotatable bonds is 3. The normalized spacial score (nSPS) is 9.75. The highest BCUT2D eigenvalue weighted by Gasteiger charge is 1.94. The molecule has 0 aliphatic heterocycles. The molecule has 0 saturated carbocycles. The van der Waals surface area contributed by atoms with E-state index in [-0.39, 0.29) is 5.84 Å². The van der Waals surface area contributed by atoms with Crippen LogP contribution in [0.5, 0.6) is 0 Å². The molecule has 0 saturated heterocycles. The van der Waals surface area contributed by atoms with Crippen LogP contribution in [-0.4, -0.2) is 11.6 Å². The van der Waals surface area contributed by atoms with Crippen LogP contribution in [0.1, 0.15) is 0 Å². The van der Waals surface area contributed by atoms with Crippen LogP contribution in [0.15, 0.2) is 29.2 Å². The van der Waals surface area contributed by atoms with E-state index in [0.29, 0.717) is 5.75 Å². The van der Waals surface area contributed by atoms with Gasteiger partial charge in [0.05, 0.1) is 5.75 Å². The minimum atomic E-state index is 0.190. The first-order chi connectivity index (χ1) is 5.68. The summed E-state index contributed by atoms with van der Waals surface area (Å²) < 4.78 is 0. The van der Waals surface area contributed by atoms with Gasteiger partial charge in [-0.15, -0.1) is 11.8 Å². The smallest absolute Gasteiger partial charge is 0.101 e. The molecule has 0 spiro atoms. The fourth-order valence-electron chi connectivity index (χ4n) is 0.692. The summed E-state index contributed by atoms with van der Waals surface area (Å²) in [6, 6.07) is 7.47. The third kappa shape index (κ3) is 3.15.